The quantitative estimate of drug-likeness (QED) is 0.375. The highest BCUT2D eigenvalue weighted by Gasteiger charge is 2.35. The molecule has 216 valence electrons. The van der Waals surface area contributed by atoms with Crippen LogP contribution < -0.4 is 5.32 Å². The molecule has 0 radical (unpaired) electrons. The van der Waals surface area contributed by atoms with Crippen molar-refractivity contribution in [3.63, 3.8) is 0 Å². The van der Waals surface area contributed by atoms with Crippen LogP contribution in [0.15, 0.2) is 79.1 Å². The van der Waals surface area contributed by atoms with Gasteiger partial charge >= 0.3 is 0 Å². The predicted octanol–water partition coefficient (Wildman–Crippen LogP) is 3.82. The lowest BCUT2D eigenvalue weighted by Crippen LogP contribution is -2.57. The molecule has 5 rings (SSSR count). The third-order valence-corrected chi connectivity index (χ3v) is 8.67. The van der Waals surface area contributed by atoms with Gasteiger partial charge in [-0.05, 0) is 60.4 Å². The number of carbonyl (C=O) groups is 2. The van der Waals surface area contributed by atoms with E-state index in [1.807, 2.05) is 48.7 Å². The number of benzene rings is 2. The van der Waals surface area contributed by atoms with E-state index in [1.54, 1.807) is 13.1 Å². The summed E-state index contributed by atoms with van der Waals surface area (Å²) in [4.78, 5) is 35.0. The fourth-order valence-electron chi connectivity index (χ4n) is 6.52. The monoisotopic (exact) mass is 554 g/mol. The SMILES string of the molecule is CC(=O)C1CN(Cc2cccnc2)CCN1CC(O)CC(Cc1ccccc1)C(=O)NC1c2ccccc2CC1C. The molecule has 0 saturated carbocycles. The van der Waals surface area contributed by atoms with Crippen molar-refractivity contribution < 1.29 is 14.7 Å². The molecule has 5 atom stereocenters. The Morgan fingerprint density at radius 1 is 1.02 bits per heavy atom. The van der Waals surface area contributed by atoms with E-state index in [2.05, 4.69) is 51.3 Å². The number of amides is 1. The van der Waals surface area contributed by atoms with Gasteiger partial charge in [0.1, 0.15) is 5.78 Å². The number of fused-ring (bicyclic) bond motifs is 1. The van der Waals surface area contributed by atoms with E-state index in [4.69, 9.17) is 0 Å². The Morgan fingerprint density at radius 3 is 2.54 bits per heavy atom. The topological polar surface area (TPSA) is 85.8 Å². The number of aliphatic hydroxyl groups is 1. The van der Waals surface area contributed by atoms with Crippen molar-refractivity contribution in [1.82, 2.24) is 20.1 Å². The number of hydrogen-bond donors (Lipinski definition) is 2. The van der Waals surface area contributed by atoms with Crippen molar-refractivity contribution in [3.8, 4) is 0 Å². The average Bonchev–Trinajstić information content (AvgIpc) is 3.29. The second kappa shape index (κ2) is 13.5. The zero-order valence-electron chi connectivity index (χ0n) is 24.2. The molecule has 1 aromatic heterocycles. The van der Waals surface area contributed by atoms with Crippen molar-refractivity contribution in [3.05, 3.63) is 101 Å². The van der Waals surface area contributed by atoms with Crippen molar-refractivity contribution in [2.24, 2.45) is 11.8 Å². The van der Waals surface area contributed by atoms with Crippen LogP contribution in [0, 0.1) is 11.8 Å². The number of carbonyl (C=O) groups excluding carboxylic acids is 2. The summed E-state index contributed by atoms with van der Waals surface area (Å²) < 4.78 is 0. The maximum Gasteiger partial charge on any atom is 0.224 e. The third-order valence-electron chi connectivity index (χ3n) is 8.67. The largest absolute Gasteiger partial charge is 0.392 e. The predicted molar refractivity (Wildman–Crippen MR) is 160 cm³/mol. The highest BCUT2D eigenvalue weighted by atomic mass is 16.3. The molecule has 0 bridgehead atoms. The summed E-state index contributed by atoms with van der Waals surface area (Å²) in [6, 6.07) is 22.0. The number of Topliss-reactive ketones (excluding diaryl/α,β-unsaturated/α-hetero) is 1. The van der Waals surface area contributed by atoms with E-state index < -0.39 is 6.10 Å². The summed E-state index contributed by atoms with van der Waals surface area (Å²) in [5.74, 6) is 0.0133. The summed E-state index contributed by atoms with van der Waals surface area (Å²) in [5.41, 5.74) is 4.69. The molecule has 2 heterocycles. The van der Waals surface area contributed by atoms with Gasteiger partial charge < -0.3 is 10.4 Å². The van der Waals surface area contributed by atoms with E-state index >= 15 is 0 Å². The number of ketones is 1. The Hall–Kier alpha value is -3.39. The van der Waals surface area contributed by atoms with E-state index in [0.717, 1.165) is 30.6 Å². The molecule has 2 aromatic carbocycles. The Morgan fingerprint density at radius 2 is 1.78 bits per heavy atom. The van der Waals surface area contributed by atoms with Gasteiger partial charge in [-0.3, -0.25) is 24.4 Å². The molecule has 41 heavy (non-hydrogen) atoms. The number of hydrogen-bond acceptors (Lipinski definition) is 6. The number of nitrogens with one attached hydrogen (secondary N) is 1. The second-order valence-corrected chi connectivity index (χ2v) is 11.9. The molecule has 2 N–H and O–H groups in total. The minimum absolute atomic E-state index is 0.0223. The lowest BCUT2D eigenvalue weighted by atomic mass is 9.91. The van der Waals surface area contributed by atoms with Gasteiger partial charge in [0.15, 0.2) is 0 Å². The number of piperazine rings is 1. The van der Waals surface area contributed by atoms with Crippen LogP contribution >= 0.6 is 0 Å². The maximum absolute atomic E-state index is 13.8. The first kappa shape index (κ1) is 29.1. The fourth-order valence-corrected chi connectivity index (χ4v) is 6.52. The lowest BCUT2D eigenvalue weighted by molar-refractivity contribution is -0.128. The first-order valence-corrected chi connectivity index (χ1v) is 14.8. The Labute approximate surface area is 243 Å². The average molecular weight is 555 g/mol. The van der Waals surface area contributed by atoms with Gasteiger partial charge in [0.25, 0.3) is 0 Å². The van der Waals surface area contributed by atoms with Crippen LogP contribution in [0.2, 0.25) is 0 Å². The zero-order valence-corrected chi connectivity index (χ0v) is 24.2. The van der Waals surface area contributed by atoms with Gasteiger partial charge in [0.05, 0.1) is 18.2 Å². The van der Waals surface area contributed by atoms with Crippen LogP contribution in [-0.4, -0.2) is 69.9 Å². The van der Waals surface area contributed by atoms with Gasteiger partial charge in [-0.1, -0.05) is 67.6 Å². The third kappa shape index (κ3) is 7.47. The van der Waals surface area contributed by atoms with Crippen LogP contribution in [0.25, 0.3) is 0 Å². The zero-order chi connectivity index (χ0) is 28.8. The molecule has 7 nitrogen and oxygen atoms in total. The van der Waals surface area contributed by atoms with E-state index in [9.17, 15) is 14.7 Å². The highest BCUT2D eigenvalue weighted by molar-refractivity contribution is 5.82. The summed E-state index contributed by atoms with van der Waals surface area (Å²) in [6.07, 6.45) is 4.74. The molecular formula is C34H42N4O3. The van der Waals surface area contributed by atoms with Crippen molar-refractivity contribution in [2.75, 3.05) is 26.2 Å². The molecule has 1 fully saturated rings. The van der Waals surface area contributed by atoms with Gasteiger partial charge in [0.2, 0.25) is 5.91 Å². The maximum atomic E-state index is 13.8. The number of rotatable bonds is 11. The first-order valence-electron chi connectivity index (χ1n) is 14.8. The van der Waals surface area contributed by atoms with Crippen LogP contribution in [0.5, 0.6) is 0 Å². The van der Waals surface area contributed by atoms with Crippen LogP contribution in [0.3, 0.4) is 0 Å². The van der Waals surface area contributed by atoms with Crippen LogP contribution in [0.4, 0.5) is 0 Å². The summed E-state index contributed by atoms with van der Waals surface area (Å²) in [7, 11) is 0. The molecule has 0 spiro atoms. The minimum Gasteiger partial charge on any atom is -0.392 e. The fraction of sp³-hybridized carbons (Fsp3) is 0.441. The summed E-state index contributed by atoms with van der Waals surface area (Å²) >= 11 is 0. The molecule has 5 unspecified atom stereocenters. The Bertz CT molecular complexity index is 1300. The van der Waals surface area contributed by atoms with Gasteiger partial charge in [-0.2, -0.15) is 0 Å². The molecule has 1 aliphatic heterocycles. The second-order valence-electron chi connectivity index (χ2n) is 11.9. The molecule has 1 amide bonds. The van der Waals surface area contributed by atoms with Crippen LogP contribution in [-0.2, 0) is 29.0 Å². The van der Waals surface area contributed by atoms with Crippen LogP contribution in [0.1, 0.15) is 48.6 Å². The number of aromatic nitrogens is 1. The van der Waals surface area contributed by atoms with Crippen molar-refractivity contribution >= 4 is 11.7 Å². The molecule has 2 aliphatic rings. The highest BCUT2D eigenvalue weighted by Crippen LogP contribution is 2.36. The Kier molecular flexibility index (Phi) is 9.60. The molecule has 7 heteroatoms. The molecular weight excluding hydrogens is 512 g/mol. The van der Waals surface area contributed by atoms with Gasteiger partial charge in [0, 0.05) is 51.0 Å². The number of nitrogens with zero attached hydrogens (tertiary/aromatic N) is 3. The smallest absolute Gasteiger partial charge is 0.224 e. The summed E-state index contributed by atoms with van der Waals surface area (Å²) in [6.45, 7) is 7.03. The first-order chi connectivity index (χ1) is 19.9. The lowest BCUT2D eigenvalue weighted by Gasteiger charge is -2.41. The van der Waals surface area contributed by atoms with E-state index in [1.165, 1.54) is 11.1 Å². The van der Waals surface area contributed by atoms with E-state index in [-0.39, 0.29) is 29.7 Å². The standard InChI is InChI=1S/C34H42N4O3/c1-24-17-28-12-6-7-13-31(28)33(24)36-34(41)29(18-26-9-4-3-5-10-26)19-30(40)22-38-16-15-37(23-32(38)25(2)39)21-27-11-8-14-35-20-27/h3-14,20,24,29-30,32-33,40H,15-19,21-23H2,1-2H3,(H,36,41). The van der Waals surface area contributed by atoms with Gasteiger partial charge in [-0.15, -0.1) is 0 Å². The van der Waals surface area contributed by atoms with Gasteiger partial charge in [-0.25, -0.2) is 0 Å². The van der Waals surface area contributed by atoms with E-state index in [0.29, 0.717) is 38.4 Å². The normalized spacial score (nSPS) is 22.6. The number of β-amino-alcohol motifs (C(OH)–C–C–N with tert-alkyl or cyclic N) is 1. The summed E-state index contributed by atoms with van der Waals surface area (Å²) in [5, 5.41) is 14.7. The number of pyridine rings is 1. The van der Waals surface area contributed by atoms with Crippen molar-refractivity contribution in [1.29, 1.82) is 0 Å². The molecule has 3 aromatic rings. The molecule has 1 saturated heterocycles. The minimum atomic E-state index is -0.727. The molecule has 1 aliphatic carbocycles. The number of aliphatic hydroxyl groups excluding tert-OH is 1. The van der Waals surface area contributed by atoms with Crippen molar-refractivity contribution in [2.45, 2.75) is 57.8 Å². The Balaban J connectivity index is 1.24.